The first-order valence-corrected chi connectivity index (χ1v) is 3.40. The van der Waals surface area contributed by atoms with E-state index in [2.05, 4.69) is 17.1 Å². The molecule has 0 fully saturated rings. The highest BCUT2D eigenvalue weighted by atomic mass is 35.5. The van der Waals surface area contributed by atoms with Gasteiger partial charge in [-0.25, -0.2) is 0 Å². The van der Waals surface area contributed by atoms with Gasteiger partial charge in [0, 0.05) is 0 Å². The van der Waals surface area contributed by atoms with Gasteiger partial charge in [0.05, 0.1) is 5.69 Å². The number of aromatic nitrogens is 2. The summed E-state index contributed by atoms with van der Waals surface area (Å²) in [7, 11) is 0. The lowest BCUT2D eigenvalue weighted by Crippen LogP contribution is -1.92. The Labute approximate surface area is 65.2 Å². The first-order valence-electron chi connectivity index (χ1n) is 3.02. The summed E-state index contributed by atoms with van der Waals surface area (Å²) in [6.07, 6.45) is 0.662. The van der Waals surface area contributed by atoms with Gasteiger partial charge in [0.1, 0.15) is 0 Å². The van der Waals surface area contributed by atoms with E-state index in [9.17, 15) is 0 Å². The van der Waals surface area contributed by atoms with E-state index in [-0.39, 0.29) is 0 Å². The zero-order valence-corrected chi connectivity index (χ0v) is 6.52. The van der Waals surface area contributed by atoms with Crippen molar-refractivity contribution in [2.75, 3.05) is 0 Å². The molecular formula is C7H8ClN2. The van der Waals surface area contributed by atoms with Gasteiger partial charge in [-0.05, 0) is 31.9 Å². The van der Waals surface area contributed by atoms with Crippen LogP contribution in [0, 0.1) is 13.8 Å². The molecule has 0 saturated carbocycles. The van der Waals surface area contributed by atoms with Crippen molar-refractivity contribution in [3.8, 4) is 0 Å². The van der Waals surface area contributed by atoms with Gasteiger partial charge in [-0.1, -0.05) is 11.6 Å². The topological polar surface area (TPSA) is 25.8 Å². The zero-order valence-electron chi connectivity index (χ0n) is 5.76. The molecule has 0 bridgehead atoms. The van der Waals surface area contributed by atoms with Gasteiger partial charge >= 0.3 is 0 Å². The Kier molecular flexibility index (Phi) is 2.22. The Morgan fingerprint density at radius 1 is 1.60 bits per heavy atom. The molecule has 1 aromatic heterocycles. The molecule has 0 amide bonds. The maximum absolute atomic E-state index is 5.68. The van der Waals surface area contributed by atoms with Crippen LogP contribution in [0.25, 0.3) is 0 Å². The van der Waals surface area contributed by atoms with E-state index >= 15 is 0 Å². The molecule has 1 rings (SSSR count). The second-order valence-corrected chi connectivity index (χ2v) is 2.41. The molecule has 10 heavy (non-hydrogen) atoms. The van der Waals surface area contributed by atoms with Gasteiger partial charge in [0.2, 0.25) is 0 Å². The van der Waals surface area contributed by atoms with Gasteiger partial charge in [0.15, 0.2) is 5.15 Å². The fraction of sp³-hybridized carbons (Fsp3) is 0.286. The van der Waals surface area contributed by atoms with Crippen LogP contribution in [-0.4, -0.2) is 10.2 Å². The number of aryl methyl sites for hydroxylation is 1. The summed E-state index contributed by atoms with van der Waals surface area (Å²) in [6, 6.07) is 1.89. The van der Waals surface area contributed by atoms with Gasteiger partial charge in [-0.3, -0.25) is 0 Å². The second kappa shape index (κ2) is 2.97. The van der Waals surface area contributed by atoms with Crippen molar-refractivity contribution in [1.82, 2.24) is 10.2 Å². The van der Waals surface area contributed by atoms with Crippen LogP contribution >= 0.6 is 11.6 Å². The van der Waals surface area contributed by atoms with E-state index in [1.807, 2.05) is 13.0 Å². The molecule has 0 N–H and O–H groups in total. The van der Waals surface area contributed by atoms with E-state index in [4.69, 9.17) is 11.6 Å². The van der Waals surface area contributed by atoms with Crippen molar-refractivity contribution in [3.05, 3.63) is 29.4 Å². The average Bonchev–Trinajstić information content (AvgIpc) is 1.94. The standard InChI is InChI=1S/C7H8ClN2/c1-3-6-4-5(2)9-10-7(6)8/h4H,1,3H2,2H3. The molecule has 0 aliphatic carbocycles. The predicted octanol–water partition coefficient (Wildman–Crippen LogP) is 1.82. The fourth-order valence-electron chi connectivity index (χ4n) is 0.703. The SMILES string of the molecule is [CH2]Cc1cc(C)nnc1Cl. The Bertz CT molecular complexity index is 235. The van der Waals surface area contributed by atoms with Crippen LogP contribution in [0.3, 0.4) is 0 Å². The van der Waals surface area contributed by atoms with E-state index in [0.29, 0.717) is 11.6 Å². The summed E-state index contributed by atoms with van der Waals surface area (Å²) in [5.41, 5.74) is 1.83. The number of hydrogen-bond donors (Lipinski definition) is 0. The molecule has 0 aliphatic heterocycles. The maximum atomic E-state index is 5.68. The third kappa shape index (κ3) is 1.45. The monoisotopic (exact) mass is 155 g/mol. The largest absolute Gasteiger partial charge is 0.154 e. The summed E-state index contributed by atoms with van der Waals surface area (Å²) < 4.78 is 0. The molecular weight excluding hydrogens is 148 g/mol. The molecule has 3 heteroatoms. The quantitative estimate of drug-likeness (QED) is 0.618. The summed E-state index contributed by atoms with van der Waals surface area (Å²) in [4.78, 5) is 0. The van der Waals surface area contributed by atoms with Gasteiger partial charge in [-0.15, -0.1) is 5.10 Å². The van der Waals surface area contributed by atoms with Crippen molar-refractivity contribution < 1.29 is 0 Å². The molecule has 1 aromatic rings. The Morgan fingerprint density at radius 2 is 2.30 bits per heavy atom. The van der Waals surface area contributed by atoms with E-state index in [1.54, 1.807) is 0 Å². The van der Waals surface area contributed by atoms with Crippen molar-refractivity contribution in [3.63, 3.8) is 0 Å². The fourth-order valence-corrected chi connectivity index (χ4v) is 0.890. The van der Waals surface area contributed by atoms with Crippen LogP contribution in [0.15, 0.2) is 6.07 Å². The minimum atomic E-state index is 0.459. The van der Waals surface area contributed by atoms with Crippen molar-refractivity contribution >= 4 is 11.6 Å². The third-order valence-electron chi connectivity index (χ3n) is 1.21. The lowest BCUT2D eigenvalue weighted by atomic mass is 10.2. The summed E-state index contributed by atoms with van der Waals surface area (Å²) in [6.45, 7) is 5.58. The molecule has 0 saturated heterocycles. The zero-order chi connectivity index (χ0) is 7.56. The van der Waals surface area contributed by atoms with E-state index in [0.717, 1.165) is 11.3 Å². The van der Waals surface area contributed by atoms with Crippen LogP contribution < -0.4 is 0 Å². The minimum absolute atomic E-state index is 0.459. The highest BCUT2D eigenvalue weighted by Crippen LogP contribution is 2.11. The van der Waals surface area contributed by atoms with Crippen LogP contribution in [0.1, 0.15) is 11.3 Å². The lowest BCUT2D eigenvalue weighted by Gasteiger charge is -1.97. The first kappa shape index (κ1) is 7.48. The number of hydrogen-bond acceptors (Lipinski definition) is 2. The predicted molar refractivity (Wildman–Crippen MR) is 40.8 cm³/mol. The molecule has 0 atom stereocenters. The highest BCUT2D eigenvalue weighted by Gasteiger charge is 1.98. The molecule has 1 radical (unpaired) electrons. The summed E-state index contributed by atoms with van der Waals surface area (Å²) in [5, 5.41) is 7.96. The highest BCUT2D eigenvalue weighted by molar-refractivity contribution is 6.30. The smallest absolute Gasteiger partial charge is 0.154 e. The Morgan fingerprint density at radius 3 is 2.80 bits per heavy atom. The van der Waals surface area contributed by atoms with Gasteiger partial charge < -0.3 is 0 Å². The minimum Gasteiger partial charge on any atom is -0.154 e. The Hall–Kier alpha value is -0.630. The van der Waals surface area contributed by atoms with E-state index in [1.165, 1.54) is 0 Å². The summed E-state index contributed by atoms with van der Waals surface area (Å²) in [5.74, 6) is 0. The first-order chi connectivity index (χ1) is 4.74. The summed E-state index contributed by atoms with van der Waals surface area (Å²) >= 11 is 5.68. The van der Waals surface area contributed by atoms with Crippen LogP contribution in [-0.2, 0) is 6.42 Å². The molecule has 0 unspecified atom stereocenters. The van der Waals surface area contributed by atoms with E-state index < -0.39 is 0 Å². The normalized spacial score (nSPS) is 9.90. The van der Waals surface area contributed by atoms with Gasteiger partial charge in [0.25, 0.3) is 0 Å². The second-order valence-electron chi connectivity index (χ2n) is 2.05. The number of halogens is 1. The number of nitrogens with zero attached hydrogens (tertiary/aromatic N) is 2. The molecule has 53 valence electrons. The lowest BCUT2D eigenvalue weighted by molar-refractivity contribution is 0.956. The number of rotatable bonds is 1. The van der Waals surface area contributed by atoms with Crippen LogP contribution in [0.2, 0.25) is 5.15 Å². The van der Waals surface area contributed by atoms with Crippen molar-refractivity contribution in [2.45, 2.75) is 13.3 Å². The molecule has 2 nitrogen and oxygen atoms in total. The van der Waals surface area contributed by atoms with Crippen LogP contribution in [0.4, 0.5) is 0 Å². The van der Waals surface area contributed by atoms with Gasteiger partial charge in [-0.2, -0.15) is 5.10 Å². The van der Waals surface area contributed by atoms with Crippen molar-refractivity contribution in [2.24, 2.45) is 0 Å². The average molecular weight is 156 g/mol. The molecule has 0 aliphatic rings. The third-order valence-corrected chi connectivity index (χ3v) is 1.53. The molecule has 0 aromatic carbocycles. The van der Waals surface area contributed by atoms with Crippen molar-refractivity contribution in [1.29, 1.82) is 0 Å². The van der Waals surface area contributed by atoms with Crippen LogP contribution in [0.5, 0.6) is 0 Å². The maximum Gasteiger partial charge on any atom is 0.154 e. The molecule has 0 spiro atoms. The Balaban J connectivity index is 3.09. The molecule has 1 heterocycles.